The molecule has 0 spiro atoms. The molecule has 4 aliphatic rings. The van der Waals surface area contributed by atoms with Crippen LogP contribution >= 0.6 is 0 Å². The number of aromatic nitrogens is 4. The lowest BCUT2D eigenvalue weighted by atomic mass is 9.76. The molecule has 51 heavy (non-hydrogen) atoms. The first-order valence-corrected chi connectivity index (χ1v) is 18.8. The fraction of sp³-hybridized carbons (Fsp3) is 0.525. The number of piperidine rings is 3. The van der Waals surface area contributed by atoms with Gasteiger partial charge < -0.3 is 19.7 Å². The summed E-state index contributed by atoms with van der Waals surface area (Å²) in [4.78, 5) is 52.6. The minimum atomic E-state index is -0.308. The minimum absolute atomic E-state index is 0.119. The number of fused-ring (bicyclic) bond motifs is 2. The number of carbonyl (C=O) groups is 3. The molecule has 8 rings (SSSR count). The third-order valence-corrected chi connectivity index (χ3v) is 12.1. The topological polar surface area (TPSA) is 130 Å². The molecule has 3 aromatic heterocycles. The number of nitrogens with one attached hydrogen (secondary N) is 3. The molecule has 6 heterocycles. The van der Waals surface area contributed by atoms with Crippen LogP contribution < -0.4 is 10.2 Å². The Morgan fingerprint density at radius 3 is 2.53 bits per heavy atom. The molecule has 11 heteroatoms. The molecular formula is C40H50N8O3. The van der Waals surface area contributed by atoms with Crippen molar-refractivity contribution in [3.05, 3.63) is 65.0 Å². The quantitative estimate of drug-likeness (QED) is 0.220. The predicted octanol–water partition coefficient (Wildman–Crippen LogP) is 5.44. The Morgan fingerprint density at radius 2 is 1.78 bits per heavy atom. The van der Waals surface area contributed by atoms with Gasteiger partial charge in [-0.3, -0.25) is 24.8 Å². The van der Waals surface area contributed by atoms with Crippen LogP contribution in [0.5, 0.6) is 0 Å². The van der Waals surface area contributed by atoms with Gasteiger partial charge in [0.15, 0.2) is 0 Å². The summed E-state index contributed by atoms with van der Waals surface area (Å²) >= 11 is 0. The summed E-state index contributed by atoms with van der Waals surface area (Å²) in [6, 6.07) is 12.6. The van der Waals surface area contributed by atoms with Gasteiger partial charge in [0.05, 0.1) is 11.6 Å². The highest BCUT2D eigenvalue weighted by Crippen LogP contribution is 2.38. The van der Waals surface area contributed by atoms with Gasteiger partial charge in [0.2, 0.25) is 11.8 Å². The number of aromatic amines is 2. The third-order valence-electron chi connectivity index (χ3n) is 12.1. The fourth-order valence-corrected chi connectivity index (χ4v) is 8.82. The van der Waals surface area contributed by atoms with Gasteiger partial charge in [0.1, 0.15) is 11.5 Å². The van der Waals surface area contributed by atoms with Crippen molar-refractivity contribution in [2.45, 2.75) is 83.6 Å². The maximum atomic E-state index is 13.6. The van der Waals surface area contributed by atoms with E-state index in [-0.39, 0.29) is 23.6 Å². The standard InChI is InChI=1S/C40H50N8O3/c1-40(2)15-10-31-34(22-40)44-45-37(31)33-20-26-4-5-27(21-32(26)42-33)39(51)48-18-11-25(12-19-48)24-47-16-13-29(14-17-47)46(3)35-8-6-28(23-41-35)30-7-9-36(49)43-38(30)50/h4-6,8,20-21,23,25,29-30,42H,7,9-19,22,24H2,1-3H3,(H,44,45)(H,43,49,50). The van der Waals surface area contributed by atoms with Gasteiger partial charge in [0, 0.05) is 86.2 Å². The minimum Gasteiger partial charge on any atom is -0.357 e. The van der Waals surface area contributed by atoms with Crippen molar-refractivity contribution in [3.63, 3.8) is 0 Å². The van der Waals surface area contributed by atoms with Gasteiger partial charge in [-0.05, 0) is 92.5 Å². The average Bonchev–Trinajstić information content (AvgIpc) is 3.74. The maximum absolute atomic E-state index is 13.6. The highest BCUT2D eigenvalue weighted by atomic mass is 16.2. The third kappa shape index (κ3) is 6.92. The van der Waals surface area contributed by atoms with Crippen LogP contribution in [-0.4, -0.2) is 93.5 Å². The fourth-order valence-electron chi connectivity index (χ4n) is 8.82. The van der Waals surface area contributed by atoms with Gasteiger partial charge in [-0.25, -0.2) is 4.98 Å². The van der Waals surface area contributed by atoms with Crippen LogP contribution in [0.4, 0.5) is 5.82 Å². The maximum Gasteiger partial charge on any atom is 0.253 e. The first-order valence-electron chi connectivity index (χ1n) is 18.8. The van der Waals surface area contributed by atoms with Crippen molar-refractivity contribution in [3.8, 4) is 11.4 Å². The molecule has 3 saturated heterocycles. The Hall–Kier alpha value is -4.51. The summed E-state index contributed by atoms with van der Waals surface area (Å²) < 4.78 is 0. The van der Waals surface area contributed by atoms with Crippen LogP contribution in [0.3, 0.4) is 0 Å². The zero-order chi connectivity index (χ0) is 35.3. The largest absolute Gasteiger partial charge is 0.357 e. The summed E-state index contributed by atoms with van der Waals surface area (Å²) in [6.45, 7) is 9.43. The summed E-state index contributed by atoms with van der Waals surface area (Å²) in [5, 5.41) is 11.5. The molecule has 268 valence electrons. The SMILES string of the molecule is CN(c1ccc(C2CCC(=O)NC2=O)cn1)C1CCN(CC2CCN(C(=O)c3ccc4cc(-c5n[nH]c6c5CCC(C)(C)C6)[nH]c4c3)CC2)CC1. The highest BCUT2D eigenvalue weighted by Gasteiger charge is 2.32. The lowest BCUT2D eigenvalue weighted by Gasteiger charge is -2.40. The van der Waals surface area contributed by atoms with Crippen LogP contribution in [0.1, 0.15) is 91.9 Å². The van der Waals surface area contributed by atoms with Crippen LogP contribution in [-0.2, 0) is 22.4 Å². The summed E-state index contributed by atoms with van der Waals surface area (Å²) in [7, 11) is 2.11. The molecule has 11 nitrogen and oxygen atoms in total. The molecule has 0 bridgehead atoms. The number of H-pyrrole nitrogens is 2. The van der Waals surface area contributed by atoms with Gasteiger partial charge in [-0.15, -0.1) is 0 Å². The van der Waals surface area contributed by atoms with E-state index in [1.807, 2.05) is 29.2 Å². The number of carbonyl (C=O) groups excluding carboxylic acids is 3. The number of likely N-dealkylation sites (tertiary alicyclic amines) is 2. The van der Waals surface area contributed by atoms with E-state index in [0.29, 0.717) is 30.2 Å². The van der Waals surface area contributed by atoms with Gasteiger partial charge in [0.25, 0.3) is 5.91 Å². The number of nitrogens with zero attached hydrogens (tertiary/aromatic N) is 5. The number of anilines is 1. The van der Waals surface area contributed by atoms with Crippen molar-refractivity contribution in [2.24, 2.45) is 11.3 Å². The van der Waals surface area contributed by atoms with Crippen LogP contribution in [0.2, 0.25) is 0 Å². The van der Waals surface area contributed by atoms with Crippen LogP contribution in [0.15, 0.2) is 42.6 Å². The Kier molecular flexibility index (Phi) is 8.94. The first-order chi connectivity index (χ1) is 24.6. The Labute approximate surface area is 299 Å². The van der Waals surface area contributed by atoms with E-state index in [1.165, 1.54) is 11.3 Å². The Balaban J connectivity index is 0.809. The predicted molar refractivity (Wildman–Crippen MR) is 198 cm³/mol. The van der Waals surface area contributed by atoms with Crippen molar-refractivity contribution in [1.82, 2.24) is 35.3 Å². The van der Waals surface area contributed by atoms with Crippen LogP contribution in [0, 0.1) is 11.3 Å². The van der Waals surface area contributed by atoms with E-state index >= 15 is 0 Å². The second-order valence-corrected chi connectivity index (χ2v) is 16.2. The molecule has 1 unspecified atom stereocenters. The Bertz CT molecular complexity index is 1930. The molecule has 0 saturated carbocycles. The van der Waals surface area contributed by atoms with E-state index in [9.17, 15) is 14.4 Å². The van der Waals surface area contributed by atoms with Crippen molar-refractivity contribution in [2.75, 3.05) is 44.7 Å². The number of pyridine rings is 1. The molecule has 1 aromatic carbocycles. The van der Waals surface area contributed by atoms with E-state index in [4.69, 9.17) is 10.1 Å². The van der Waals surface area contributed by atoms with Crippen LogP contribution in [0.25, 0.3) is 22.3 Å². The summed E-state index contributed by atoms with van der Waals surface area (Å²) in [6.07, 6.45) is 10.1. The number of rotatable bonds is 7. The molecule has 3 fully saturated rings. The number of benzene rings is 1. The van der Waals surface area contributed by atoms with E-state index in [0.717, 1.165) is 117 Å². The van der Waals surface area contributed by atoms with Crippen molar-refractivity contribution < 1.29 is 14.4 Å². The molecule has 1 aliphatic carbocycles. The van der Waals surface area contributed by atoms with Gasteiger partial charge >= 0.3 is 0 Å². The van der Waals surface area contributed by atoms with E-state index in [2.05, 4.69) is 58.2 Å². The number of hydrogen-bond acceptors (Lipinski definition) is 7. The second-order valence-electron chi connectivity index (χ2n) is 16.2. The van der Waals surface area contributed by atoms with Gasteiger partial charge in [-0.1, -0.05) is 26.0 Å². The van der Waals surface area contributed by atoms with E-state index in [1.54, 1.807) is 6.20 Å². The average molecular weight is 691 g/mol. The number of imide groups is 1. The smallest absolute Gasteiger partial charge is 0.253 e. The van der Waals surface area contributed by atoms with Crippen molar-refractivity contribution in [1.29, 1.82) is 0 Å². The second kappa shape index (κ2) is 13.6. The molecule has 1 atom stereocenters. The zero-order valence-corrected chi connectivity index (χ0v) is 30.1. The summed E-state index contributed by atoms with van der Waals surface area (Å²) in [5.74, 6) is 0.902. The lowest BCUT2D eigenvalue weighted by Crippen LogP contribution is -2.46. The van der Waals surface area contributed by atoms with E-state index < -0.39 is 0 Å². The molecule has 3 aliphatic heterocycles. The van der Waals surface area contributed by atoms with Crippen molar-refractivity contribution >= 4 is 34.4 Å². The zero-order valence-electron chi connectivity index (χ0n) is 30.1. The molecule has 3 N–H and O–H groups in total. The van der Waals surface area contributed by atoms with Gasteiger partial charge in [-0.2, -0.15) is 5.10 Å². The molecule has 0 radical (unpaired) electrons. The number of hydrogen-bond donors (Lipinski definition) is 3. The monoisotopic (exact) mass is 690 g/mol. The molecule has 4 aromatic rings. The summed E-state index contributed by atoms with van der Waals surface area (Å²) in [5.41, 5.74) is 7.49. The molecular weight excluding hydrogens is 640 g/mol. The Morgan fingerprint density at radius 1 is 0.980 bits per heavy atom. The molecule has 3 amide bonds. The number of amides is 3. The first kappa shape index (κ1) is 33.6. The normalized spacial score (nSPS) is 21.9. The lowest BCUT2D eigenvalue weighted by molar-refractivity contribution is -0.134. The highest BCUT2D eigenvalue weighted by molar-refractivity contribution is 6.01.